The van der Waals surface area contributed by atoms with Crippen LogP contribution < -0.4 is 5.32 Å². The van der Waals surface area contributed by atoms with E-state index >= 15 is 0 Å². The third kappa shape index (κ3) is 5.45. The minimum atomic E-state index is -1.24. The lowest BCUT2D eigenvalue weighted by Gasteiger charge is -2.05. The molecular formula is C24H23NO4. The number of carboxylic acid groups (broad SMARTS) is 1. The number of carbonyl (C=O) groups is 2. The first-order valence-corrected chi connectivity index (χ1v) is 9.57. The first-order chi connectivity index (χ1) is 14.1. The maximum atomic E-state index is 12.2. The van der Waals surface area contributed by atoms with E-state index in [-0.39, 0.29) is 5.70 Å². The minimum absolute atomic E-state index is 0.255. The van der Waals surface area contributed by atoms with Gasteiger partial charge in [0.05, 0.1) is 0 Å². The second-order valence-corrected chi connectivity index (χ2v) is 6.69. The third-order valence-electron chi connectivity index (χ3n) is 4.49. The molecule has 0 saturated carbocycles. The summed E-state index contributed by atoms with van der Waals surface area (Å²) in [4.78, 5) is 23.8. The first-order valence-electron chi connectivity index (χ1n) is 9.57. The van der Waals surface area contributed by atoms with Gasteiger partial charge in [0.2, 0.25) is 0 Å². The second-order valence-electron chi connectivity index (χ2n) is 6.69. The van der Waals surface area contributed by atoms with Crippen molar-refractivity contribution in [2.24, 2.45) is 0 Å². The molecule has 1 amide bonds. The summed E-state index contributed by atoms with van der Waals surface area (Å²) in [5.74, 6) is -0.751. The number of amides is 1. The minimum Gasteiger partial charge on any atom is -0.477 e. The highest BCUT2D eigenvalue weighted by Crippen LogP contribution is 2.24. The van der Waals surface area contributed by atoms with Gasteiger partial charge in [-0.25, -0.2) is 4.79 Å². The standard InChI is InChI=1S/C24H23NO4/c1-2-3-7-17-10-12-18(13-11-17)22-15-14-20(29-22)16-21(24(27)28)25-23(26)19-8-5-4-6-9-19/h4-6,8-16H,2-3,7H2,1H3,(H,25,26)(H,27,28). The van der Waals surface area contributed by atoms with E-state index in [2.05, 4.69) is 24.4 Å². The molecule has 2 aromatic carbocycles. The van der Waals surface area contributed by atoms with Crippen molar-refractivity contribution in [2.45, 2.75) is 26.2 Å². The Labute approximate surface area is 169 Å². The monoisotopic (exact) mass is 389 g/mol. The van der Waals surface area contributed by atoms with Crippen LogP contribution in [0.4, 0.5) is 0 Å². The average Bonchev–Trinajstić information content (AvgIpc) is 3.21. The van der Waals surface area contributed by atoms with Crippen LogP contribution in [0, 0.1) is 0 Å². The van der Waals surface area contributed by atoms with E-state index in [0.29, 0.717) is 17.1 Å². The highest BCUT2D eigenvalue weighted by Gasteiger charge is 2.14. The van der Waals surface area contributed by atoms with Crippen molar-refractivity contribution in [1.29, 1.82) is 0 Å². The maximum Gasteiger partial charge on any atom is 0.352 e. The van der Waals surface area contributed by atoms with Crippen LogP contribution in [0.25, 0.3) is 17.4 Å². The Morgan fingerprint density at radius 2 is 1.72 bits per heavy atom. The van der Waals surface area contributed by atoms with Crippen molar-refractivity contribution in [3.63, 3.8) is 0 Å². The molecule has 0 bridgehead atoms. The zero-order chi connectivity index (χ0) is 20.6. The van der Waals surface area contributed by atoms with E-state index in [1.165, 1.54) is 11.6 Å². The Morgan fingerprint density at radius 1 is 1.00 bits per heavy atom. The summed E-state index contributed by atoms with van der Waals surface area (Å²) in [5, 5.41) is 11.9. The van der Waals surface area contributed by atoms with Crippen molar-refractivity contribution in [2.75, 3.05) is 0 Å². The summed E-state index contributed by atoms with van der Waals surface area (Å²) in [6, 6.07) is 20.0. The summed E-state index contributed by atoms with van der Waals surface area (Å²) in [5.41, 5.74) is 2.31. The van der Waals surface area contributed by atoms with Crippen molar-refractivity contribution < 1.29 is 19.1 Å². The number of hydrogen-bond donors (Lipinski definition) is 2. The molecule has 5 heteroatoms. The predicted octanol–water partition coefficient (Wildman–Crippen LogP) is 5.14. The van der Waals surface area contributed by atoms with Crippen LogP contribution in [0.3, 0.4) is 0 Å². The Bertz CT molecular complexity index is 1000. The number of rotatable bonds is 8. The van der Waals surface area contributed by atoms with Gasteiger partial charge in [0.1, 0.15) is 17.2 Å². The molecule has 0 fully saturated rings. The normalized spacial score (nSPS) is 11.3. The third-order valence-corrected chi connectivity index (χ3v) is 4.49. The summed E-state index contributed by atoms with van der Waals surface area (Å²) in [7, 11) is 0. The first kappa shape index (κ1) is 20.1. The molecule has 0 aliphatic carbocycles. The van der Waals surface area contributed by atoms with Gasteiger partial charge in [-0.15, -0.1) is 0 Å². The van der Waals surface area contributed by atoms with E-state index in [4.69, 9.17) is 4.42 Å². The zero-order valence-electron chi connectivity index (χ0n) is 16.2. The van der Waals surface area contributed by atoms with Gasteiger partial charge >= 0.3 is 5.97 Å². The number of aryl methyl sites for hydroxylation is 1. The largest absolute Gasteiger partial charge is 0.477 e. The van der Waals surface area contributed by atoms with Crippen LogP contribution in [0.2, 0.25) is 0 Å². The van der Waals surface area contributed by atoms with Gasteiger partial charge in [0, 0.05) is 17.2 Å². The van der Waals surface area contributed by atoms with Crippen molar-refractivity contribution >= 4 is 18.0 Å². The number of aliphatic carboxylic acids is 1. The van der Waals surface area contributed by atoms with Gasteiger partial charge in [0.25, 0.3) is 5.91 Å². The average molecular weight is 389 g/mol. The fraction of sp³-hybridized carbons (Fsp3) is 0.167. The molecule has 5 nitrogen and oxygen atoms in total. The van der Waals surface area contributed by atoms with Crippen LogP contribution in [0.5, 0.6) is 0 Å². The summed E-state index contributed by atoms with van der Waals surface area (Å²) < 4.78 is 5.77. The van der Waals surface area contributed by atoms with Gasteiger partial charge in [-0.05, 0) is 42.7 Å². The fourth-order valence-corrected chi connectivity index (χ4v) is 2.88. The van der Waals surface area contributed by atoms with Crippen molar-refractivity contribution in [1.82, 2.24) is 5.32 Å². The lowest BCUT2D eigenvalue weighted by molar-refractivity contribution is -0.132. The number of carbonyl (C=O) groups excluding carboxylic acids is 1. The van der Waals surface area contributed by atoms with E-state index in [0.717, 1.165) is 24.8 Å². The van der Waals surface area contributed by atoms with Crippen molar-refractivity contribution in [3.05, 3.63) is 89.3 Å². The van der Waals surface area contributed by atoms with E-state index in [1.54, 1.807) is 42.5 Å². The fourth-order valence-electron chi connectivity index (χ4n) is 2.88. The Morgan fingerprint density at radius 3 is 2.38 bits per heavy atom. The van der Waals surface area contributed by atoms with Gasteiger partial charge < -0.3 is 14.8 Å². The molecule has 148 valence electrons. The van der Waals surface area contributed by atoms with E-state index in [1.807, 2.05) is 12.1 Å². The zero-order valence-corrected chi connectivity index (χ0v) is 16.2. The summed E-state index contributed by atoms with van der Waals surface area (Å²) >= 11 is 0. The molecule has 1 aromatic heterocycles. The number of hydrogen-bond acceptors (Lipinski definition) is 3. The van der Waals surface area contributed by atoms with Crippen LogP contribution in [-0.2, 0) is 11.2 Å². The SMILES string of the molecule is CCCCc1ccc(-c2ccc(C=C(NC(=O)c3ccccc3)C(=O)O)o2)cc1. The van der Waals surface area contributed by atoms with E-state index in [9.17, 15) is 14.7 Å². The molecule has 0 unspecified atom stereocenters. The van der Waals surface area contributed by atoms with Gasteiger partial charge in [-0.1, -0.05) is 55.8 Å². The molecule has 0 radical (unpaired) electrons. The molecule has 3 rings (SSSR count). The predicted molar refractivity (Wildman–Crippen MR) is 112 cm³/mol. The van der Waals surface area contributed by atoms with Gasteiger partial charge in [0.15, 0.2) is 0 Å². The maximum absolute atomic E-state index is 12.2. The molecule has 3 aromatic rings. The number of carboxylic acids is 1. The molecule has 0 aliphatic heterocycles. The number of benzene rings is 2. The lowest BCUT2D eigenvalue weighted by Crippen LogP contribution is -2.27. The molecule has 0 spiro atoms. The van der Waals surface area contributed by atoms with Crippen molar-refractivity contribution in [3.8, 4) is 11.3 Å². The highest BCUT2D eigenvalue weighted by molar-refractivity contribution is 6.02. The molecule has 0 aliphatic rings. The van der Waals surface area contributed by atoms with Crippen LogP contribution in [0.15, 0.2) is 76.8 Å². The molecule has 0 saturated heterocycles. The topological polar surface area (TPSA) is 79.5 Å². The molecule has 29 heavy (non-hydrogen) atoms. The smallest absolute Gasteiger partial charge is 0.352 e. The van der Waals surface area contributed by atoms with Crippen LogP contribution in [-0.4, -0.2) is 17.0 Å². The molecular weight excluding hydrogens is 366 g/mol. The number of furan rings is 1. The Hall–Kier alpha value is -3.60. The van der Waals surface area contributed by atoms with Crippen LogP contribution >= 0.6 is 0 Å². The number of unbranched alkanes of at least 4 members (excludes halogenated alkanes) is 1. The lowest BCUT2D eigenvalue weighted by atomic mass is 10.1. The highest BCUT2D eigenvalue weighted by atomic mass is 16.4. The quantitative estimate of drug-likeness (QED) is 0.523. The molecule has 0 atom stereocenters. The van der Waals surface area contributed by atoms with Gasteiger partial charge in [-0.3, -0.25) is 4.79 Å². The Balaban J connectivity index is 1.75. The van der Waals surface area contributed by atoms with Gasteiger partial charge in [-0.2, -0.15) is 0 Å². The van der Waals surface area contributed by atoms with Crippen LogP contribution in [0.1, 0.15) is 41.4 Å². The summed E-state index contributed by atoms with van der Waals surface area (Å²) in [6.45, 7) is 2.17. The van der Waals surface area contributed by atoms with E-state index < -0.39 is 11.9 Å². The Kier molecular flexibility index (Phi) is 6.63. The second kappa shape index (κ2) is 9.55. The number of nitrogens with one attached hydrogen (secondary N) is 1. The molecule has 2 N–H and O–H groups in total. The summed E-state index contributed by atoms with van der Waals surface area (Å²) in [6.07, 6.45) is 4.67. The molecule has 1 heterocycles.